The topological polar surface area (TPSA) is 82.1 Å². The Labute approximate surface area is 188 Å². The molecular weight excluding hydrogens is 410 g/mol. The van der Waals surface area contributed by atoms with Crippen LogP contribution in [0.1, 0.15) is 43.7 Å². The minimum absolute atomic E-state index is 0.00213. The quantitative estimate of drug-likeness (QED) is 0.196. The lowest BCUT2D eigenvalue weighted by Crippen LogP contribution is -2.42. The van der Waals surface area contributed by atoms with Crippen LogP contribution in [-0.4, -0.2) is 29.6 Å². The molecule has 2 rings (SSSR count). The molecule has 0 saturated carbocycles. The van der Waals surface area contributed by atoms with Crippen LogP contribution in [0, 0.1) is 0 Å². The summed E-state index contributed by atoms with van der Waals surface area (Å²) in [5, 5.41) is 0.810. The molecule has 0 heterocycles. The van der Waals surface area contributed by atoms with Crippen molar-refractivity contribution < 1.29 is 28.7 Å². The van der Waals surface area contributed by atoms with Crippen molar-refractivity contribution in [3.63, 3.8) is 0 Å². The van der Waals surface area contributed by atoms with Gasteiger partial charge in [0.2, 0.25) is 0 Å². The normalized spacial score (nSPS) is 11.5. The van der Waals surface area contributed by atoms with Crippen molar-refractivity contribution in [1.29, 1.82) is 0 Å². The van der Waals surface area contributed by atoms with Gasteiger partial charge in [0.1, 0.15) is 19.5 Å². The highest BCUT2D eigenvalue weighted by molar-refractivity contribution is 5.70. The Balaban J connectivity index is 2.05. The summed E-state index contributed by atoms with van der Waals surface area (Å²) in [6.07, 6.45) is 4.62. The summed E-state index contributed by atoms with van der Waals surface area (Å²) >= 11 is 0. The second-order valence-electron chi connectivity index (χ2n) is 6.99. The molecule has 0 saturated heterocycles. The van der Waals surface area contributed by atoms with E-state index < -0.39 is 18.3 Å². The monoisotopic (exact) mass is 439 g/mol. The lowest BCUT2D eigenvalue weighted by Gasteiger charge is -2.27. The van der Waals surface area contributed by atoms with E-state index >= 15 is 0 Å². The SMILES string of the molecule is CC/C=C/CC[C@@H](CC=O)N(OC(=O)OCc1ccccc1)C(=O)OCc1ccccc1. The van der Waals surface area contributed by atoms with Crippen LogP contribution in [0.4, 0.5) is 9.59 Å². The van der Waals surface area contributed by atoms with Crippen LogP contribution in [0.25, 0.3) is 0 Å². The fourth-order valence-electron chi connectivity index (χ4n) is 2.88. The predicted molar refractivity (Wildman–Crippen MR) is 119 cm³/mol. The molecule has 0 aliphatic carbocycles. The fraction of sp³-hybridized carbons (Fsp3) is 0.320. The van der Waals surface area contributed by atoms with Crippen LogP contribution in [0.15, 0.2) is 72.8 Å². The number of hydroxylamine groups is 2. The third-order valence-electron chi connectivity index (χ3n) is 4.53. The van der Waals surface area contributed by atoms with Crippen LogP contribution in [0.2, 0.25) is 0 Å². The standard InChI is InChI=1S/C25H29NO6/c1-2-3-4-11-16-23(17-18-27)26(24(28)30-19-21-12-7-5-8-13-21)32-25(29)31-20-22-14-9-6-10-15-22/h3-10,12-15,18,23H,2,11,16-17,19-20H2,1H3/b4-3+/t23-/m0/s1. The molecule has 0 fully saturated rings. The van der Waals surface area contributed by atoms with Crippen LogP contribution >= 0.6 is 0 Å². The number of hydrogen-bond donors (Lipinski definition) is 0. The Hall–Kier alpha value is -3.61. The first-order valence-electron chi connectivity index (χ1n) is 10.6. The first kappa shape index (κ1) is 24.7. The number of carbonyl (C=O) groups is 3. The molecule has 0 aromatic heterocycles. The molecule has 170 valence electrons. The van der Waals surface area contributed by atoms with Gasteiger partial charge in [0, 0.05) is 6.42 Å². The van der Waals surface area contributed by atoms with Gasteiger partial charge in [-0.1, -0.05) is 79.7 Å². The number of rotatable bonds is 11. The number of ether oxygens (including phenoxy) is 2. The van der Waals surface area contributed by atoms with Gasteiger partial charge in [-0.25, -0.2) is 9.59 Å². The van der Waals surface area contributed by atoms with Crippen LogP contribution in [0.3, 0.4) is 0 Å². The van der Waals surface area contributed by atoms with Crippen molar-refractivity contribution in [2.24, 2.45) is 0 Å². The number of amides is 1. The van der Waals surface area contributed by atoms with Crippen molar-refractivity contribution in [2.75, 3.05) is 0 Å². The highest BCUT2D eigenvalue weighted by atomic mass is 16.8. The van der Waals surface area contributed by atoms with Crippen LogP contribution in [0.5, 0.6) is 0 Å². The van der Waals surface area contributed by atoms with Crippen LogP contribution in [-0.2, 0) is 32.3 Å². The van der Waals surface area contributed by atoms with E-state index in [2.05, 4.69) is 0 Å². The number of aldehydes is 1. The maximum atomic E-state index is 12.8. The highest BCUT2D eigenvalue weighted by Gasteiger charge is 2.29. The number of nitrogens with zero attached hydrogens (tertiary/aromatic N) is 1. The Morgan fingerprint density at radius 2 is 1.50 bits per heavy atom. The lowest BCUT2D eigenvalue weighted by atomic mass is 10.1. The van der Waals surface area contributed by atoms with Gasteiger partial charge in [0.25, 0.3) is 0 Å². The van der Waals surface area contributed by atoms with E-state index in [-0.39, 0.29) is 19.6 Å². The van der Waals surface area contributed by atoms with Gasteiger partial charge in [-0.05, 0) is 30.4 Å². The summed E-state index contributed by atoms with van der Waals surface area (Å²) in [7, 11) is 0. The Kier molecular flexibility index (Phi) is 11.1. The number of benzene rings is 2. The largest absolute Gasteiger partial charge is 0.533 e. The van der Waals surface area contributed by atoms with E-state index in [4.69, 9.17) is 14.3 Å². The van der Waals surface area contributed by atoms with Crippen LogP contribution < -0.4 is 0 Å². The number of carbonyl (C=O) groups excluding carboxylic acids is 3. The van der Waals surface area contributed by atoms with E-state index in [9.17, 15) is 14.4 Å². The zero-order valence-electron chi connectivity index (χ0n) is 18.2. The van der Waals surface area contributed by atoms with Gasteiger partial charge in [0.15, 0.2) is 0 Å². The van der Waals surface area contributed by atoms with E-state index in [0.717, 1.165) is 22.6 Å². The molecule has 2 aromatic rings. The summed E-state index contributed by atoms with van der Waals surface area (Å²) in [6, 6.07) is 17.5. The summed E-state index contributed by atoms with van der Waals surface area (Å²) in [4.78, 5) is 41.5. The number of hydrogen-bond acceptors (Lipinski definition) is 6. The Morgan fingerprint density at radius 3 is 2.06 bits per heavy atom. The molecule has 32 heavy (non-hydrogen) atoms. The second-order valence-corrected chi connectivity index (χ2v) is 6.99. The van der Waals surface area contributed by atoms with Crippen molar-refractivity contribution in [3.05, 3.63) is 83.9 Å². The maximum absolute atomic E-state index is 12.8. The molecule has 0 aliphatic rings. The molecule has 7 heteroatoms. The molecule has 0 unspecified atom stereocenters. The third kappa shape index (κ3) is 9.04. The van der Waals surface area contributed by atoms with E-state index in [1.165, 1.54) is 0 Å². The molecule has 2 aromatic carbocycles. The zero-order chi connectivity index (χ0) is 23.0. The highest BCUT2D eigenvalue weighted by Crippen LogP contribution is 2.16. The minimum atomic E-state index is -1.05. The minimum Gasteiger partial charge on any atom is -0.442 e. The molecule has 7 nitrogen and oxygen atoms in total. The van der Waals surface area contributed by atoms with Gasteiger partial charge in [0.05, 0.1) is 6.04 Å². The summed E-state index contributed by atoms with van der Waals surface area (Å²) in [5.74, 6) is 0. The van der Waals surface area contributed by atoms with E-state index in [1.807, 2.05) is 67.6 Å². The molecule has 1 atom stereocenters. The second kappa shape index (κ2) is 14.4. The summed E-state index contributed by atoms with van der Waals surface area (Å²) in [6.45, 7) is 2.00. The summed E-state index contributed by atoms with van der Waals surface area (Å²) < 4.78 is 10.5. The maximum Gasteiger partial charge on any atom is 0.533 e. The summed E-state index contributed by atoms with van der Waals surface area (Å²) in [5.41, 5.74) is 1.56. The van der Waals surface area contributed by atoms with Crippen molar-refractivity contribution in [2.45, 2.75) is 51.9 Å². The molecule has 1 amide bonds. The van der Waals surface area contributed by atoms with Crippen molar-refractivity contribution in [3.8, 4) is 0 Å². The van der Waals surface area contributed by atoms with E-state index in [1.54, 1.807) is 12.1 Å². The van der Waals surface area contributed by atoms with Gasteiger partial charge < -0.3 is 14.3 Å². The van der Waals surface area contributed by atoms with Gasteiger partial charge >= 0.3 is 12.2 Å². The average molecular weight is 440 g/mol. The lowest BCUT2D eigenvalue weighted by molar-refractivity contribution is -0.142. The molecule has 0 aliphatic heterocycles. The molecule has 0 spiro atoms. The first-order valence-corrected chi connectivity index (χ1v) is 10.6. The molecule has 0 radical (unpaired) electrons. The van der Waals surface area contributed by atoms with Crippen molar-refractivity contribution in [1.82, 2.24) is 5.06 Å². The molecular formula is C25H29NO6. The Morgan fingerprint density at radius 1 is 0.906 bits per heavy atom. The fourth-order valence-corrected chi connectivity index (χ4v) is 2.88. The predicted octanol–water partition coefficient (Wildman–Crippen LogP) is 5.60. The first-order chi connectivity index (χ1) is 15.6. The van der Waals surface area contributed by atoms with Gasteiger partial charge in [-0.3, -0.25) is 4.84 Å². The van der Waals surface area contributed by atoms with E-state index in [0.29, 0.717) is 19.1 Å². The molecule has 0 N–H and O–H groups in total. The third-order valence-corrected chi connectivity index (χ3v) is 4.53. The zero-order valence-corrected chi connectivity index (χ0v) is 18.2. The average Bonchev–Trinajstić information content (AvgIpc) is 2.83. The number of allylic oxidation sites excluding steroid dienone is 2. The van der Waals surface area contributed by atoms with Crippen molar-refractivity contribution >= 4 is 18.5 Å². The van der Waals surface area contributed by atoms with Gasteiger partial charge in [-0.15, -0.1) is 5.06 Å². The molecule has 0 bridgehead atoms. The Bertz CT molecular complexity index is 853. The van der Waals surface area contributed by atoms with Gasteiger partial charge in [-0.2, -0.15) is 0 Å². The smallest absolute Gasteiger partial charge is 0.442 e.